The first-order chi connectivity index (χ1) is 10.2. The number of aromatic amines is 1. The van der Waals surface area contributed by atoms with Crippen LogP contribution in [0.25, 0.3) is 11.0 Å². The summed E-state index contributed by atoms with van der Waals surface area (Å²) in [7, 11) is 1.44. The van der Waals surface area contributed by atoms with Gasteiger partial charge < -0.3 is 10.1 Å². The summed E-state index contributed by atoms with van der Waals surface area (Å²) in [5, 5.41) is 24.3. The van der Waals surface area contributed by atoms with Crippen LogP contribution < -0.4 is 10.1 Å². The maximum absolute atomic E-state index is 11.0. The topological polar surface area (TPSA) is 119 Å². The van der Waals surface area contributed by atoms with Gasteiger partial charge in [-0.15, -0.1) is 0 Å². The van der Waals surface area contributed by atoms with E-state index in [0.717, 1.165) is 0 Å². The zero-order chi connectivity index (χ0) is 14.8. The fourth-order valence-corrected chi connectivity index (χ4v) is 1.84. The molecule has 0 atom stereocenters. The lowest BCUT2D eigenvalue weighted by molar-refractivity contribution is -0.384. The number of methoxy groups -OCH3 is 1. The quantitative estimate of drug-likeness (QED) is 0.556. The van der Waals surface area contributed by atoms with Crippen LogP contribution in [0.1, 0.15) is 0 Å². The van der Waals surface area contributed by atoms with Crippen LogP contribution in [-0.2, 0) is 0 Å². The Hall–Kier alpha value is -3.23. The number of nitro groups is 1. The molecule has 0 saturated carbocycles. The molecule has 0 spiro atoms. The number of hydrogen-bond donors (Lipinski definition) is 2. The van der Waals surface area contributed by atoms with Gasteiger partial charge in [0.2, 0.25) is 11.7 Å². The van der Waals surface area contributed by atoms with E-state index < -0.39 is 4.92 Å². The molecule has 106 valence electrons. The van der Waals surface area contributed by atoms with E-state index in [1.807, 2.05) is 0 Å². The molecule has 0 amide bonds. The number of fused-ring (bicyclic) bond motifs is 1. The summed E-state index contributed by atoms with van der Waals surface area (Å²) in [6.45, 7) is 0. The number of hydrogen-bond acceptors (Lipinski definition) is 7. The molecule has 2 N–H and O–H groups in total. The van der Waals surface area contributed by atoms with Gasteiger partial charge in [0, 0.05) is 17.8 Å². The molecule has 0 fully saturated rings. The standard InChI is InChI=1S/C12H10N6O3/c1-21-11-5-4-10(18(19)20)12(14-11)13-7-2-3-8-9(6-7)16-17-15-8/h2-6H,1H3,(H,13,14)(H,15,16,17). The number of anilines is 2. The molecule has 0 radical (unpaired) electrons. The maximum atomic E-state index is 11.0. The number of nitrogens with zero attached hydrogens (tertiary/aromatic N) is 4. The van der Waals surface area contributed by atoms with E-state index in [0.29, 0.717) is 16.7 Å². The number of pyridine rings is 1. The molecule has 3 rings (SSSR count). The summed E-state index contributed by atoms with van der Waals surface area (Å²) in [6.07, 6.45) is 0. The van der Waals surface area contributed by atoms with Gasteiger partial charge in [-0.25, -0.2) is 0 Å². The van der Waals surface area contributed by atoms with E-state index in [1.54, 1.807) is 18.2 Å². The van der Waals surface area contributed by atoms with Crippen LogP contribution >= 0.6 is 0 Å². The predicted molar refractivity (Wildman–Crippen MR) is 74.6 cm³/mol. The Morgan fingerprint density at radius 3 is 2.81 bits per heavy atom. The summed E-state index contributed by atoms with van der Waals surface area (Å²) < 4.78 is 4.98. The predicted octanol–water partition coefficient (Wildman–Crippen LogP) is 2.01. The Kier molecular flexibility index (Phi) is 3.07. The molecule has 2 aromatic heterocycles. The molecule has 0 aliphatic heterocycles. The molecule has 9 nitrogen and oxygen atoms in total. The molecule has 9 heteroatoms. The molecular formula is C12H10N6O3. The summed E-state index contributed by atoms with van der Waals surface area (Å²) in [6, 6.07) is 7.96. The van der Waals surface area contributed by atoms with Gasteiger partial charge in [-0.1, -0.05) is 0 Å². The Balaban J connectivity index is 2.00. The fourth-order valence-electron chi connectivity index (χ4n) is 1.84. The van der Waals surface area contributed by atoms with Crippen molar-refractivity contribution in [2.24, 2.45) is 0 Å². The number of ether oxygens (including phenoxy) is 1. The van der Waals surface area contributed by atoms with Crippen molar-refractivity contribution in [3.63, 3.8) is 0 Å². The molecule has 0 saturated heterocycles. The first-order valence-electron chi connectivity index (χ1n) is 5.94. The fraction of sp³-hybridized carbons (Fsp3) is 0.0833. The monoisotopic (exact) mass is 286 g/mol. The zero-order valence-corrected chi connectivity index (χ0v) is 10.9. The van der Waals surface area contributed by atoms with E-state index in [1.165, 1.54) is 19.2 Å². The second kappa shape index (κ2) is 5.04. The first kappa shape index (κ1) is 12.8. The van der Waals surface area contributed by atoms with Gasteiger partial charge >= 0.3 is 5.69 Å². The molecule has 0 aliphatic rings. The van der Waals surface area contributed by atoms with E-state index in [9.17, 15) is 10.1 Å². The minimum Gasteiger partial charge on any atom is -0.481 e. The van der Waals surface area contributed by atoms with Crippen molar-refractivity contribution in [2.75, 3.05) is 12.4 Å². The molecule has 0 bridgehead atoms. The van der Waals surface area contributed by atoms with Crippen LogP contribution in [0.5, 0.6) is 5.88 Å². The van der Waals surface area contributed by atoms with Gasteiger partial charge in [-0.3, -0.25) is 10.1 Å². The summed E-state index contributed by atoms with van der Waals surface area (Å²) in [4.78, 5) is 14.6. The van der Waals surface area contributed by atoms with Gasteiger partial charge in [-0.2, -0.15) is 20.4 Å². The lowest BCUT2D eigenvalue weighted by Crippen LogP contribution is -2.01. The van der Waals surface area contributed by atoms with Gasteiger partial charge in [0.25, 0.3) is 0 Å². The average Bonchev–Trinajstić information content (AvgIpc) is 2.94. The highest BCUT2D eigenvalue weighted by molar-refractivity contribution is 5.80. The van der Waals surface area contributed by atoms with E-state index in [2.05, 4.69) is 25.7 Å². The second-order valence-corrected chi connectivity index (χ2v) is 4.13. The van der Waals surface area contributed by atoms with Gasteiger partial charge in [0.1, 0.15) is 11.0 Å². The smallest absolute Gasteiger partial charge is 0.311 e. The van der Waals surface area contributed by atoms with Gasteiger partial charge in [0.05, 0.1) is 12.0 Å². The van der Waals surface area contributed by atoms with Crippen molar-refractivity contribution in [3.8, 4) is 5.88 Å². The Bertz CT molecular complexity index is 816. The third-order valence-electron chi connectivity index (χ3n) is 2.83. The summed E-state index contributed by atoms with van der Waals surface area (Å²) in [5.74, 6) is 0.382. The van der Waals surface area contributed by atoms with E-state index >= 15 is 0 Å². The molecule has 1 aromatic carbocycles. The lowest BCUT2D eigenvalue weighted by Gasteiger charge is -2.07. The first-order valence-corrected chi connectivity index (χ1v) is 5.94. The van der Waals surface area contributed by atoms with Crippen LogP contribution in [0, 0.1) is 10.1 Å². The zero-order valence-electron chi connectivity index (χ0n) is 10.9. The lowest BCUT2D eigenvalue weighted by atomic mass is 10.2. The van der Waals surface area contributed by atoms with Gasteiger partial charge in [-0.05, 0) is 18.2 Å². The van der Waals surface area contributed by atoms with Crippen molar-refractivity contribution in [3.05, 3.63) is 40.4 Å². The van der Waals surface area contributed by atoms with E-state index in [4.69, 9.17) is 4.74 Å². The summed E-state index contributed by atoms with van der Waals surface area (Å²) >= 11 is 0. The Labute approximate surface area is 118 Å². The number of rotatable bonds is 4. The minimum atomic E-state index is -0.511. The number of benzene rings is 1. The maximum Gasteiger partial charge on any atom is 0.311 e. The highest BCUT2D eigenvalue weighted by Crippen LogP contribution is 2.28. The van der Waals surface area contributed by atoms with Crippen molar-refractivity contribution < 1.29 is 9.66 Å². The van der Waals surface area contributed by atoms with Crippen LogP contribution in [0.3, 0.4) is 0 Å². The molecule has 3 aromatic rings. The molecule has 21 heavy (non-hydrogen) atoms. The van der Waals surface area contributed by atoms with Crippen molar-refractivity contribution in [1.29, 1.82) is 0 Å². The van der Waals surface area contributed by atoms with Crippen LogP contribution in [0.15, 0.2) is 30.3 Å². The molecule has 0 aliphatic carbocycles. The SMILES string of the molecule is COc1ccc([N+](=O)[O-])c(Nc2ccc3n[nH]nc3c2)n1. The van der Waals surface area contributed by atoms with Crippen LogP contribution in [0.2, 0.25) is 0 Å². The number of nitrogens with one attached hydrogen (secondary N) is 2. The average molecular weight is 286 g/mol. The Morgan fingerprint density at radius 2 is 2.05 bits per heavy atom. The van der Waals surface area contributed by atoms with Crippen LogP contribution in [0.4, 0.5) is 17.2 Å². The van der Waals surface area contributed by atoms with Gasteiger partial charge in [0.15, 0.2) is 0 Å². The Morgan fingerprint density at radius 1 is 1.24 bits per heavy atom. The third kappa shape index (κ3) is 2.43. The molecule has 0 unspecified atom stereocenters. The van der Waals surface area contributed by atoms with Crippen LogP contribution in [-0.4, -0.2) is 32.4 Å². The largest absolute Gasteiger partial charge is 0.481 e. The van der Waals surface area contributed by atoms with Crippen molar-refractivity contribution in [1.82, 2.24) is 20.4 Å². The number of H-pyrrole nitrogens is 1. The van der Waals surface area contributed by atoms with Crippen molar-refractivity contribution in [2.45, 2.75) is 0 Å². The number of aromatic nitrogens is 4. The highest BCUT2D eigenvalue weighted by atomic mass is 16.6. The second-order valence-electron chi connectivity index (χ2n) is 4.13. The third-order valence-corrected chi connectivity index (χ3v) is 2.83. The summed E-state index contributed by atoms with van der Waals surface area (Å²) in [5.41, 5.74) is 1.82. The molecule has 2 heterocycles. The minimum absolute atomic E-state index is 0.0993. The van der Waals surface area contributed by atoms with E-state index in [-0.39, 0.29) is 17.4 Å². The normalized spacial score (nSPS) is 10.5. The highest BCUT2D eigenvalue weighted by Gasteiger charge is 2.17. The molecular weight excluding hydrogens is 276 g/mol. The van der Waals surface area contributed by atoms with Crippen molar-refractivity contribution >= 4 is 28.2 Å².